The molecule has 0 radical (unpaired) electrons. The number of hydrogen-bond acceptors (Lipinski definition) is 5. The molecule has 8 heteroatoms. The van der Waals surface area contributed by atoms with Crippen LogP contribution in [-0.2, 0) is 14.4 Å². The lowest BCUT2D eigenvalue weighted by atomic mass is 9.71. The van der Waals surface area contributed by atoms with E-state index < -0.39 is 28.6 Å². The van der Waals surface area contributed by atoms with Crippen LogP contribution in [0.25, 0.3) is 0 Å². The maximum absolute atomic E-state index is 13.6. The van der Waals surface area contributed by atoms with Crippen molar-refractivity contribution in [3.05, 3.63) is 12.7 Å². The zero-order chi connectivity index (χ0) is 20.5. The van der Waals surface area contributed by atoms with Crippen molar-refractivity contribution < 1.29 is 24.6 Å². The first-order valence-electron chi connectivity index (χ1n) is 10.1. The standard InChI is InChI=1S/C20H30N2O5S/c1-3-5-6-10-21(9-4-2)18(25)16-20-8-7-13(28-20)14(19(26)27)15(20)17(24)22(16)11-12-23/h4,13-16,23H,2-3,5-12H2,1H3,(H,26,27)/t13-,14+,15+,16?,20?/m1/s1. The predicted octanol–water partition coefficient (Wildman–Crippen LogP) is 1.36. The number of nitrogens with zero attached hydrogens (tertiary/aromatic N) is 2. The third-order valence-corrected chi connectivity index (χ3v) is 8.30. The van der Waals surface area contributed by atoms with Gasteiger partial charge in [-0.2, -0.15) is 0 Å². The Morgan fingerprint density at radius 1 is 1.43 bits per heavy atom. The molecule has 2 N–H and O–H groups in total. The smallest absolute Gasteiger partial charge is 0.308 e. The number of thioether (sulfide) groups is 1. The number of carbonyl (C=O) groups excluding carboxylic acids is 2. The van der Waals surface area contributed by atoms with Crippen LogP contribution in [0.15, 0.2) is 12.7 Å². The zero-order valence-electron chi connectivity index (χ0n) is 16.4. The molecule has 2 bridgehead atoms. The summed E-state index contributed by atoms with van der Waals surface area (Å²) in [6.07, 6.45) is 5.98. The Balaban J connectivity index is 1.94. The van der Waals surface area contributed by atoms with Gasteiger partial charge in [0.25, 0.3) is 0 Å². The Kier molecular flexibility index (Phi) is 6.39. The molecular weight excluding hydrogens is 380 g/mol. The van der Waals surface area contributed by atoms with Crippen molar-refractivity contribution in [3.63, 3.8) is 0 Å². The summed E-state index contributed by atoms with van der Waals surface area (Å²) < 4.78 is -0.693. The Bertz CT molecular complexity index is 657. The SMILES string of the molecule is C=CCN(CCCCC)C(=O)C1N(CCO)C(=O)[C@@H]2[C@@H](C(=O)O)[C@H]3CCC12S3. The Morgan fingerprint density at radius 2 is 2.18 bits per heavy atom. The van der Waals surface area contributed by atoms with Gasteiger partial charge in [0.2, 0.25) is 11.8 Å². The average molecular weight is 411 g/mol. The lowest BCUT2D eigenvalue weighted by Gasteiger charge is -2.37. The molecule has 0 aromatic heterocycles. The second kappa shape index (κ2) is 8.45. The van der Waals surface area contributed by atoms with Crippen molar-refractivity contribution in [2.45, 2.75) is 55.1 Å². The van der Waals surface area contributed by atoms with E-state index in [1.54, 1.807) is 11.0 Å². The first-order chi connectivity index (χ1) is 13.4. The summed E-state index contributed by atoms with van der Waals surface area (Å²) in [6.45, 7) is 6.66. The van der Waals surface area contributed by atoms with Crippen molar-refractivity contribution in [1.29, 1.82) is 0 Å². The molecule has 3 saturated heterocycles. The van der Waals surface area contributed by atoms with E-state index in [1.807, 2.05) is 0 Å². The monoisotopic (exact) mass is 410 g/mol. The van der Waals surface area contributed by atoms with Crippen molar-refractivity contribution in [2.24, 2.45) is 11.8 Å². The molecule has 1 spiro atoms. The molecule has 3 aliphatic heterocycles. The second-order valence-corrected chi connectivity index (χ2v) is 9.53. The van der Waals surface area contributed by atoms with Crippen LogP contribution < -0.4 is 0 Å². The van der Waals surface area contributed by atoms with Crippen LogP contribution >= 0.6 is 11.8 Å². The van der Waals surface area contributed by atoms with E-state index in [4.69, 9.17) is 0 Å². The molecule has 3 fully saturated rings. The molecule has 2 unspecified atom stereocenters. The highest BCUT2D eigenvalue weighted by Crippen LogP contribution is 2.66. The lowest BCUT2D eigenvalue weighted by molar-refractivity contribution is -0.148. The van der Waals surface area contributed by atoms with Gasteiger partial charge in [0.15, 0.2) is 0 Å². The molecule has 3 rings (SSSR count). The van der Waals surface area contributed by atoms with Gasteiger partial charge >= 0.3 is 5.97 Å². The zero-order valence-corrected chi connectivity index (χ0v) is 17.2. The van der Waals surface area contributed by atoms with Gasteiger partial charge < -0.3 is 20.0 Å². The summed E-state index contributed by atoms with van der Waals surface area (Å²) in [5.74, 6) is -2.82. The van der Waals surface area contributed by atoms with E-state index in [1.165, 1.54) is 16.7 Å². The number of fused-ring (bicyclic) bond motifs is 1. The highest BCUT2D eigenvalue weighted by Gasteiger charge is 2.73. The van der Waals surface area contributed by atoms with Crippen LogP contribution in [0.5, 0.6) is 0 Å². The largest absolute Gasteiger partial charge is 0.481 e. The minimum Gasteiger partial charge on any atom is -0.481 e. The average Bonchev–Trinajstić information content (AvgIpc) is 3.29. The predicted molar refractivity (Wildman–Crippen MR) is 107 cm³/mol. The Labute approximate surface area is 170 Å². The van der Waals surface area contributed by atoms with Gasteiger partial charge in [-0.25, -0.2) is 0 Å². The number of aliphatic hydroxyl groups excluding tert-OH is 1. The minimum atomic E-state index is -0.958. The van der Waals surface area contributed by atoms with Crippen molar-refractivity contribution in [1.82, 2.24) is 9.80 Å². The summed E-state index contributed by atoms with van der Waals surface area (Å²) in [6, 6.07) is -0.710. The van der Waals surface area contributed by atoms with Crippen LogP contribution in [0.2, 0.25) is 0 Å². The summed E-state index contributed by atoms with van der Waals surface area (Å²) in [4.78, 5) is 41.9. The van der Waals surface area contributed by atoms with Crippen molar-refractivity contribution >= 4 is 29.5 Å². The van der Waals surface area contributed by atoms with Crippen LogP contribution in [0.1, 0.15) is 39.0 Å². The molecule has 0 aliphatic carbocycles. The molecule has 5 atom stereocenters. The van der Waals surface area contributed by atoms with Crippen LogP contribution in [0, 0.1) is 11.8 Å². The van der Waals surface area contributed by atoms with Crippen molar-refractivity contribution in [2.75, 3.05) is 26.2 Å². The van der Waals surface area contributed by atoms with Crippen LogP contribution in [-0.4, -0.2) is 80.1 Å². The van der Waals surface area contributed by atoms with E-state index in [-0.39, 0.29) is 30.2 Å². The summed E-state index contributed by atoms with van der Waals surface area (Å²) in [5, 5.41) is 19.1. The number of carboxylic acids is 1. The second-order valence-electron chi connectivity index (χ2n) is 7.93. The molecule has 0 aromatic carbocycles. The van der Waals surface area contributed by atoms with E-state index in [0.29, 0.717) is 25.9 Å². The van der Waals surface area contributed by atoms with Gasteiger partial charge in [0.05, 0.1) is 23.2 Å². The fraction of sp³-hybridized carbons (Fsp3) is 0.750. The van der Waals surface area contributed by atoms with E-state index in [0.717, 1.165) is 19.3 Å². The number of carboxylic acid groups (broad SMARTS) is 1. The topological polar surface area (TPSA) is 98.2 Å². The minimum absolute atomic E-state index is 0.0575. The normalized spacial score (nSPS) is 33.2. The molecule has 28 heavy (non-hydrogen) atoms. The highest BCUT2D eigenvalue weighted by atomic mass is 32.2. The molecule has 2 amide bonds. The van der Waals surface area contributed by atoms with Crippen LogP contribution in [0.3, 0.4) is 0 Å². The van der Waals surface area contributed by atoms with Gasteiger partial charge in [-0.1, -0.05) is 25.8 Å². The third-order valence-electron chi connectivity index (χ3n) is 6.35. The molecule has 0 aromatic rings. The van der Waals surface area contributed by atoms with Gasteiger partial charge in [0, 0.05) is 24.9 Å². The van der Waals surface area contributed by atoms with E-state index >= 15 is 0 Å². The van der Waals surface area contributed by atoms with Crippen molar-refractivity contribution in [3.8, 4) is 0 Å². The number of amides is 2. The number of β-amino-alcohol motifs (C(OH)–C–C–N with tert-alkyl or cyclic N) is 1. The molecular formula is C20H30N2O5S. The van der Waals surface area contributed by atoms with E-state index in [2.05, 4.69) is 13.5 Å². The Hall–Kier alpha value is -1.54. The quantitative estimate of drug-likeness (QED) is 0.417. The molecule has 7 nitrogen and oxygen atoms in total. The number of aliphatic hydroxyl groups is 1. The highest BCUT2D eigenvalue weighted by molar-refractivity contribution is 8.02. The van der Waals surface area contributed by atoms with Gasteiger partial charge in [-0.3, -0.25) is 14.4 Å². The number of aliphatic carboxylic acids is 1. The number of likely N-dealkylation sites (tertiary alicyclic amines) is 1. The number of hydrogen-bond donors (Lipinski definition) is 2. The number of carbonyl (C=O) groups is 3. The maximum atomic E-state index is 13.6. The maximum Gasteiger partial charge on any atom is 0.308 e. The van der Waals surface area contributed by atoms with Gasteiger partial charge in [-0.15, -0.1) is 18.3 Å². The molecule has 3 heterocycles. The summed E-state index contributed by atoms with van der Waals surface area (Å²) in [5.41, 5.74) is 0. The molecule has 0 saturated carbocycles. The first-order valence-corrected chi connectivity index (χ1v) is 11.0. The summed E-state index contributed by atoms with van der Waals surface area (Å²) >= 11 is 1.52. The number of rotatable bonds is 10. The van der Waals surface area contributed by atoms with Gasteiger partial charge in [0.1, 0.15) is 6.04 Å². The van der Waals surface area contributed by atoms with E-state index in [9.17, 15) is 24.6 Å². The van der Waals surface area contributed by atoms with Crippen LogP contribution in [0.4, 0.5) is 0 Å². The fourth-order valence-electron chi connectivity index (χ4n) is 5.24. The number of unbranched alkanes of at least 4 members (excludes halogenated alkanes) is 2. The third kappa shape index (κ3) is 3.24. The lowest BCUT2D eigenvalue weighted by Crippen LogP contribution is -2.55. The molecule has 3 aliphatic rings. The summed E-state index contributed by atoms with van der Waals surface area (Å²) in [7, 11) is 0. The first kappa shape index (κ1) is 21.2. The molecule has 156 valence electrons. The Morgan fingerprint density at radius 3 is 2.79 bits per heavy atom. The fourth-order valence-corrected chi connectivity index (χ4v) is 7.44. The van der Waals surface area contributed by atoms with Gasteiger partial charge in [-0.05, 0) is 19.3 Å².